The van der Waals surface area contributed by atoms with Crippen LogP contribution in [0.2, 0.25) is 0 Å². The van der Waals surface area contributed by atoms with Gasteiger partial charge in [-0.1, -0.05) is 24.3 Å². The molecule has 2 fully saturated rings. The summed E-state index contributed by atoms with van der Waals surface area (Å²) in [5.41, 5.74) is 5.04. The largest absolute Gasteiger partial charge is 0.454 e. The highest BCUT2D eigenvalue weighted by Gasteiger charge is 2.51. The molecular weight excluding hydrogens is 466 g/mol. The minimum absolute atomic E-state index is 0.00529. The van der Waals surface area contributed by atoms with Gasteiger partial charge in [0.2, 0.25) is 12.7 Å². The van der Waals surface area contributed by atoms with Crippen LogP contribution in [0.1, 0.15) is 34.3 Å². The molecule has 0 aromatic heterocycles. The molecule has 3 aliphatic rings. The van der Waals surface area contributed by atoms with Gasteiger partial charge >= 0.3 is 0 Å². The summed E-state index contributed by atoms with van der Waals surface area (Å²) in [7, 11) is 2.08. The molecule has 190 valence electrons. The lowest BCUT2D eigenvalue weighted by atomic mass is 9.94. The molecule has 0 bridgehead atoms. The first-order valence-electron chi connectivity index (χ1n) is 12.8. The van der Waals surface area contributed by atoms with Crippen LogP contribution in [0.5, 0.6) is 11.5 Å². The fraction of sp³-hybridized carbons (Fsp3) is 0.333. The maximum absolute atomic E-state index is 13.4. The van der Waals surface area contributed by atoms with Crippen LogP contribution in [0.4, 0.5) is 5.69 Å². The minimum Gasteiger partial charge on any atom is -0.454 e. The highest BCUT2D eigenvalue weighted by Crippen LogP contribution is 2.51. The Balaban J connectivity index is 1.18. The van der Waals surface area contributed by atoms with Gasteiger partial charge in [0.05, 0.1) is 5.41 Å². The van der Waals surface area contributed by atoms with Crippen molar-refractivity contribution in [2.75, 3.05) is 45.3 Å². The first kappa shape index (κ1) is 23.6. The molecule has 2 aliphatic heterocycles. The zero-order valence-electron chi connectivity index (χ0n) is 21.3. The number of piperazine rings is 1. The average Bonchev–Trinajstić information content (AvgIpc) is 3.60. The van der Waals surface area contributed by atoms with Gasteiger partial charge in [-0.25, -0.2) is 0 Å². The second-order valence-electron chi connectivity index (χ2n) is 10.3. The van der Waals surface area contributed by atoms with Crippen LogP contribution in [0, 0.1) is 6.92 Å². The van der Waals surface area contributed by atoms with Crippen molar-refractivity contribution in [1.82, 2.24) is 9.80 Å². The molecule has 3 aromatic rings. The molecule has 0 atom stereocenters. The van der Waals surface area contributed by atoms with Gasteiger partial charge in [-0.3, -0.25) is 9.59 Å². The van der Waals surface area contributed by atoms with E-state index in [1.54, 1.807) is 0 Å². The van der Waals surface area contributed by atoms with E-state index in [-0.39, 0.29) is 18.6 Å². The van der Waals surface area contributed by atoms with Crippen LogP contribution >= 0.6 is 0 Å². The van der Waals surface area contributed by atoms with Crippen molar-refractivity contribution in [1.29, 1.82) is 0 Å². The summed E-state index contributed by atoms with van der Waals surface area (Å²) in [6.07, 6.45) is 1.61. The van der Waals surface area contributed by atoms with Gasteiger partial charge in [0.15, 0.2) is 11.5 Å². The second-order valence-corrected chi connectivity index (χ2v) is 10.3. The molecule has 1 saturated carbocycles. The molecule has 0 spiro atoms. The number of rotatable bonds is 5. The number of nitrogens with zero attached hydrogens (tertiary/aromatic N) is 2. The maximum atomic E-state index is 13.4. The third kappa shape index (κ3) is 4.44. The lowest BCUT2D eigenvalue weighted by Crippen LogP contribution is -2.47. The van der Waals surface area contributed by atoms with Gasteiger partial charge in [0.25, 0.3) is 5.91 Å². The number of benzene rings is 3. The van der Waals surface area contributed by atoms with Gasteiger partial charge in [-0.05, 0) is 85.5 Å². The number of hydrogen-bond acceptors (Lipinski definition) is 5. The molecule has 0 unspecified atom stereocenters. The zero-order chi connectivity index (χ0) is 25.6. The molecule has 6 rings (SSSR count). The first-order valence-corrected chi connectivity index (χ1v) is 12.8. The summed E-state index contributed by atoms with van der Waals surface area (Å²) in [5.74, 6) is 1.49. The number of nitrogens with one attached hydrogen (secondary N) is 1. The Bertz CT molecular complexity index is 1360. The molecule has 2 amide bonds. The SMILES string of the molecule is Cc1ccc(NC(=O)C2(c3ccc4c(c3)OCO4)CC2)cc1-c1ccc(C(=O)N2CCN(C)CC2)cc1. The molecule has 1 aliphatic carbocycles. The van der Waals surface area contributed by atoms with Crippen molar-refractivity contribution >= 4 is 17.5 Å². The zero-order valence-corrected chi connectivity index (χ0v) is 21.3. The number of amides is 2. The maximum Gasteiger partial charge on any atom is 0.253 e. The van der Waals surface area contributed by atoms with Crippen LogP contribution in [-0.2, 0) is 10.2 Å². The second kappa shape index (κ2) is 9.23. The van der Waals surface area contributed by atoms with E-state index in [1.165, 1.54) is 0 Å². The molecule has 7 nitrogen and oxygen atoms in total. The van der Waals surface area contributed by atoms with Crippen LogP contribution in [0.3, 0.4) is 0 Å². The quantitative estimate of drug-likeness (QED) is 0.564. The first-order chi connectivity index (χ1) is 17.9. The predicted octanol–water partition coefficient (Wildman–Crippen LogP) is 4.45. The molecular formula is C30H31N3O4. The number of fused-ring (bicyclic) bond motifs is 1. The standard InChI is InChI=1S/C30H31N3O4/c1-20-3-9-24(31-29(35)30(11-12-30)23-8-10-26-27(17-23)37-19-36-26)18-25(20)21-4-6-22(7-5-21)28(34)33-15-13-32(2)14-16-33/h3-10,17-18H,11-16,19H2,1-2H3,(H,31,35). The third-order valence-corrected chi connectivity index (χ3v) is 7.84. The Morgan fingerprint density at radius 3 is 2.32 bits per heavy atom. The minimum atomic E-state index is -0.530. The Hall–Kier alpha value is -3.84. The molecule has 37 heavy (non-hydrogen) atoms. The monoisotopic (exact) mass is 497 g/mol. The number of aryl methyl sites for hydroxylation is 1. The van der Waals surface area contributed by atoms with Crippen LogP contribution < -0.4 is 14.8 Å². The van der Waals surface area contributed by atoms with Crippen molar-refractivity contribution in [3.63, 3.8) is 0 Å². The van der Waals surface area contributed by atoms with Gasteiger partial charge in [-0.2, -0.15) is 0 Å². The number of anilines is 1. The lowest BCUT2D eigenvalue weighted by Gasteiger charge is -2.32. The van der Waals surface area contributed by atoms with E-state index in [4.69, 9.17) is 9.47 Å². The van der Waals surface area contributed by atoms with E-state index in [2.05, 4.69) is 24.2 Å². The van der Waals surface area contributed by atoms with E-state index in [9.17, 15) is 9.59 Å². The summed E-state index contributed by atoms with van der Waals surface area (Å²) < 4.78 is 10.9. The Labute approximate surface area is 217 Å². The van der Waals surface area contributed by atoms with Crippen LogP contribution in [0.25, 0.3) is 11.1 Å². The fourth-order valence-electron chi connectivity index (χ4n) is 5.21. The number of ether oxygens (including phenoxy) is 2. The van der Waals surface area contributed by atoms with Crippen molar-refractivity contribution < 1.29 is 19.1 Å². The smallest absolute Gasteiger partial charge is 0.253 e. The van der Waals surface area contributed by atoms with Crippen LogP contribution in [-0.4, -0.2) is 61.6 Å². The van der Waals surface area contributed by atoms with E-state index >= 15 is 0 Å². The lowest BCUT2D eigenvalue weighted by molar-refractivity contribution is -0.118. The highest BCUT2D eigenvalue weighted by atomic mass is 16.7. The molecule has 1 N–H and O–H groups in total. The van der Waals surface area contributed by atoms with Crippen LogP contribution in [0.15, 0.2) is 60.7 Å². The summed E-state index contributed by atoms with van der Waals surface area (Å²) in [6.45, 7) is 5.58. The fourth-order valence-corrected chi connectivity index (χ4v) is 5.21. The molecule has 0 radical (unpaired) electrons. The topological polar surface area (TPSA) is 71.1 Å². The van der Waals surface area contributed by atoms with Crippen molar-refractivity contribution in [3.8, 4) is 22.6 Å². The number of carbonyl (C=O) groups is 2. The van der Waals surface area contributed by atoms with Gasteiger partial charge < -0.3 is 24.6 Å². The van der Waals surface area contributed by atoms with E-state index in [0.717, 1.165) is 72.7 Å². The predicted molar refractivity (Wildman–Crippen MR) is 142 cm³/mol. The Morgan fingerprint density at radius 1 is 0.865 bits per heavy atom. The molecule has 2 heterocycles. The summed E-state index contributed by atoms with van der Waals surface area (Å²) in [6, 6.07) is 19.5. The van der Waals surface area contributed by atoms with E-state index in [1.807, 2.05) is 65.6 Å². The van der Waals surface area contributed by atoms with Crippen molar-refractivity contribution in [3.05, 3.63) is 77.4 Å². The normalized spacial score (nSPS) is 17.9. The van der Waals surface area contributed by atoms with E-state index in [0.29, 0.717) is 11.3 Å². The highest BCUT2D eigenvalue weighted by molar-refractivity contribution is 6.02. The number of carbonyl (C=O) groups excluding carboxylic acids is 2. The van der Waals surface area contributed by atoms with Crippen molar-refractivity contribution in [2.45, 2.75) is 25.2 Å². The van der Waals surface area contributed by atoms with Gasteiger partial charge in [0.1, 0.15) is 0 Å². The molecule has 7 heteroatoms. The van der Waals surface area contributed by atoms with E-state index < -0.39 is 5.41 Å². The Morgan fingerprint density at radius 2 is 1.59 bits per heavy atom. The molecule has 3 aromatic carbocycles. The van der Waals surface area contributed by atoms with Gasteiger partial charge in [0, 0.05) is 37.4 Å². The third-order valence-electron chi connectivity index (χ3n) is 7.84. The Kier molecular flexibility index (Phi) is 5.88. The molecule has 1 saturated heterocycles. The number of hydrogen-bond donors (Lipinski definition) is 1. The summed E-state index contributed by atoms with van der Waals surface area (Å²) in [4.78, 5) is 30.5. The number of likely N-dealkylation sites (N-methyl/N-ethyl adjacent to an activating group) is 1. The van der Waals surface area contributed by atoms with Crippen molar-refractivity contribution in [2.24, 2.45) is 0 Å². The summed E-state index contributed by atoms with van der Waals surface area (Å²) >= 11 is 0. The summed E-state index contributed by atoms with van der Waals surface area (Å²) in [5, 5.41) is 3.15. The average molecular weight is 498 g/mol. The van der Waals surface area contributed by atoms with Gasteiger partial charge in [-0.15, -0.1) is 0 Å².